The second-order valence-electron chi connectivity index (χ2n) is 5.66. The summed E-state index contributed by atoms with van der Waals surface area (Å²) in [5.41, 5.74) is 0.0793. The molecule has 1 saturated heterocycles. The molecule has 0 atom stereocenters. The van der Waals surface area contributed by atoms with E-state index in [1.54, 1.807) is 9.80 Å². The Hall–Kier alpha value is -0.580. The summed E-state index contributed by atoms with van der Waals surface area (Å²) in [7, 11) is 0. The van der Waals surface area contributed by atoms with Crippen molar-refractivity contribution in [1.29, 1.82) is 0 Å². The fraction of sp³-hybridized carbons (Fsp3) is 0.857. The lowest BCUT2D eigenvalue weighted by Gasteiger charge is -2.41. The lowest BCUT2D eigenvalue weighted by Crippen LogP contribution is -2.58. The minimum Gasteiger partial charge on any atom is -0.332 e. The van der Waals surface area contributed by atoms with Gasteiger partial charge < -0.3 is 9.80 Å². The van der Waals surface area contributed by atoms with Crippen molar-refractivity contribution in [2.75, 3.05) is 25.0 Å². The molecule has 5 heteroatoms. The van der Waals surface area contributed by atoms with Gasteiger partial charge in [0, 0.05) is 31.0 Å². The number of amides is 2. The van der Waals surface area contributed by atoms with Gasteiger partial charge in [0.2, 0.25) is 0 Å². The minimum absolute atomic E-state index is 0.0793. The van der Waals surface area contributed by atoms with E-state index in [0.29, 0.717) is 19.6 Å². The van der Waals surface area contributed by atoms with Crippen molar-refractivity contribution in [3.63, 3.8) is 0 Å². The Labute approximate surface area is 124 Å². The van der Waals surface area contributed by atoms with Crippen molar-refractivity contribution in [1.82, 2.24) is 9.80 Å². The predicted octanol–water partition coefficient (Wildman–Crippen LogP) is 2.27. The van der Waals surface area contributed by atoms with Crippen molar-refractivity contribution in [2.24, 2.45) is 5.41 Å². The molecule has 0 N–H and O–H groups in total. The van der Waals surface area contributed by atoms with Gasteiger partial charge in [0.15, 0.2) is 0 Å². The van der Waals surface area contributed by atoms with Gasteiger partial charge in [-0.3, -0.25) is 9.59 Å². The highest BCUT2D eigenvalue weighted by Crippen LogP contribution is 2.30. The van der Waals surface area contributed by atoms with Crippen molar-refractivity contribution in [2.45, 2.75) is 46.6 Å². The zero-order chi connectivity index (χ0) is 14.6. The third kappa shape index (κ3) is 3.50. The van der Waals surface area contributed by atoms with Gasteiger partial charge in [-0.1, -0.05) is 29.8 Å². The van der Waals surface area contributed by atoms with Crippen molar-refractivity contribution < 1.29 is 9.59 Å². The van der Waals surface area contributed by atoms with Gasteiger partial charge >= 0.3 is 11.8 Å². The van der Waals surface area contributed by atoms with Gasteiger partial charge in [-0.2, -0.15) is 0 Å². The first-order valence-corrected chi connectivity index (χ1v) is 8.18. The number of carbonyl (C=O) groups is 2. The summed E-state index contributed by atoms with van der Waals surface area (Å²) in [6, 6.07) is 0.0943. The van der Waals surface area contributed by atoms with Gasteiger partial charge in [0.25, 0.3) is 0 Å². The third-order valence-corrected chi connectivity index (χ3v) is 5.46. The van der Waals surface area contributed by atoms with Gasteiger partial charge in [-0.25, -0.2) is 0 Å². The summed E-state index contributed by atoms with van der Waals surface area (Å²) in [5.74, 6) is -0.691. The molecule has 1 heterocycles. The van der Waals surface area contributed by atoms with Crippen molar-refractivity contribution in [3.05, 3.63) is 0 Å². The van der Waals surface area contributed by atoms with Crippen LogP contribution >= 0.6 is 15.9 Å². The van der Waals surface area contributed by atoms with Crippen molar-refractivity contribution in [3.8, 4) is 0 Å². The van der Waals surface area contributed by atoms with Crippen LogP contribution in [-0.2, 0) is 9.59 Å². The summed E-state index contributed by atoms with van der Waals surface area (Å²) in [6.45, 7) is 10.1. The molecule has 4 nitrogen and oxygen atoms in total. The summed E-state index contributed by atoms with van der Waals surface area (Å²) >= 11 is 3.56. The normalized spacial score (nSPS) is 17.6. The van der Waals surface area contributed by atoms with E-state index in [2.05, 4.69) is 29.8 Å². The van der Waals surface area contributed by atoms with Crippen LogP contribution < -0.4 is 0 Å². The van der Waals surface area contributed by atoms with E-state index in [0.717, 1.165) is 18.2 Å². The lowest BCUT2D eigenvalue weighted by molar-refractivity contribution is -0.158. The quantitative estimate of drug-likeness (QED) is 0.553. The molecule has 1 fully saturated rings. The molecule has 0 unspecified atom stereocenters. The molecule has 19 heavy (non-hydrogen) atoms. The SMILES string of the molecule is CCC(CC)(CBr)CN1CCN(C(C)C)C(=O)C1=O. The number of carbonyl (C=O) groups excluding carboxylic acids is 2. The van der Waals surface area contributed by atoms with Crippen LogP contribution in [0, 0.1) is 5.41 Å². The molecular formula is C14H25BrN2O2. The Morgan fingerprint density at radius 2 is 1.74 bits per heavy atom. The first-order valence-electron chi connectivity index (χ1n) is 7.06. The van der Waals surface area contributed by atoms with Crippen LogP contribution in [0.15, 0.2) is 0 Å². The van der Waals surface area contributed by atoms with E-state index >= 15 is 0 Å². The molecule has 0 aromatic carbocycles. The zero-order valence-electron chi connectivity index (χ0n) is 12.4. The standard InChI is InChI=1S/C14H25BrN2O2/c1-5-14(6-2,9-15)10-16-7-8-17(11(3)4)13(19)12(16)18/h11H,5-10H2,1-4H3. The summed E-state index contributed by atoms with van der Waals surface area (Å²) in [6.07, 6.45) is 2.00. The molecule has 110 valence electrons. The number of alkyl halides is 1. The molecule has 1 aliphatic rings. The monoisotopic (exact) mass is 332 g/mol. The van der Waals surface area contributed by atoms with E-state index < -0.39 is 0 Å². The second-order valence-corrected chi connectivity index (χ2v) is 6.22. The van der Waals surface area contributed by atoms with Gasteiger partial charge in [0.1, 0.15) is 0 Å². The topological polar surface area (TPSA) is 40.6 Å². The summed E-state index contributed by atoms with van der Waals surface area (Å²) in [5, 5.41) is 0.860. The van der Waals surface area contributed by atoms with Crippen LogP contribution in [0.25, 0.3) is 0 Å². The van der Waals surface area contributed by atoms with E-state index in [4.69, 9.17) is 0 Å². The summed E-state index contributed by atoms with van der Waals surface area (Å²) in [4.78, 5) is 27.6. The molecule has 0 aromatic rings. The van der Waals surface area contributed by atoms with E-state index in [1.165, 1.54) is 0 Å². The molecule has 0 spiro atoms. The van der Waals surface area contributed by atoms with E-state index in [9.17, 15) is 9.59 Å². The minimum atomic E-state index is -0.350. The second kappa shape index (κ2) is 6.73. The predicted molar refractivity (Wildman–Crippen MR) is 80.2 cm³/mol. The first kappa shape index (κ1) is 16.5. The first-order chi connectivity index (χ1) is 8.90. The molecule has 0 radical (unpaired) electrons. The number of hydrogen-bond donors (Lipinski definition) is 0. The molecule has 0 aromatic heterocycles. The fourth-order valence-corrected chi connectivity index (χ4v) is 3.41. The van der Waals surface area contributed by atoms with Crippen LogP contribution in [0.4, 0.5) is 0 Å². The molecule has 0 bridgehead atoms. The van der Waals surface area contributed by atoms with Crippen LogP contribution in [0.2, 0.25) is 0 Å². The van der Waals surface area contributed by atoms with Crippen LogP contribution in [-0.4, -0.2) is 52.6 Å². The molecular weight excluding hydrogens is 308 g/mol. The van der Waals surface area contributed by atoms with Crippen LogP contribution in [0.5, 0.6) is 0 Å². The Bertz CT molecular complexity index is 332. The van der Waals surface area contributed by atoms with Gasteiger partial charge in [-0.15, -0.1) is 0 Å². The number of rotatable bonds is 6. The number of nitrogens with zero attached hydrogens (tertiary/aromatic N) is 2. The van der Waals surface area contributed by atoms with Crippen molar-refractivity contribution >= 4 is 27.7 Å². The molecule has 2 amide bonds. The molecule has 0 saturated carbocycles. The van der Waals surface area contributed by atoms with Gasteiger partial charge in [-0.05, 0) is 32.1 Å². The third-order valence-electron chi connectivity index (χ3n) is 4.27. The largest absolute Gasteiger partial charge is 0.332 e. The highest BCUT2D eigenvalue weighted by molar-refractivity contribution is 9.09. The van der Waals surface area contributed by atoms with E-state index in [1.807, 2.05) is 13.8 Å². The van der Waals surface area contributed by atoms with Gasteiger partial charge in [0.05, 0.1) is 0 Å². The molecule has 1 aliphatic heterocycles. The molecule has 0 aliphatic carbocycles. The average molecular weight is 333 g/mol. The summed E-state index contributed by atoms with van der Waals surface area (Å²) < 4.78 is 0. The lowest BCUT2D eigenvalue weighted by atomic mass is 9.84. The number of piperazine rings is 1. The number of hydrogen-bond acceptors (Lipinski definition) is 2. The van der Waals surface area contributed by atoms with E-state index in [-0.39, 0.29) is 23.3 Å². The highest BCUT2D eigenvalue weighted by Gasteiger charge is 2.37. The Kier molecular flexibility index (Phi) is 5.83. The Balaban J connectivity index is 2.77. The maximum absolute atomic E-state index is 12.2. The molecule has 1 rings (SSSR count). The fourth-order valence-electron chi connectivity index (χ4n) is 2.44. The van der Waals surface area contributed by atoms with Crippen LogP contribution in [0.3, 0.4) is 0 Å². The zero-order valence-corrected chi connectivity index (χ0v) is 14.0. The highest BCUT2D eigenvalue weighted by atomic mass is 79.9. The number of halogens is 1. The average Bonchev–Trinajstić information content (AvgIpc) is 2.40. The maximum atomic E-state index is 12.2. The Morgan fingerprint density at radius 1 is 1.16 bits per heavy atom. The smallest absolute Gasteiger partial charge is 0.312 e. The maximum Gasteiger partial charge on any atom is 0.312 e. The van der Waals surface area contributed by atoms with Crippen LogP contribution in [0.1, 0.15) is 40.5 Å². The Morgan fingerprint density at radius 3 is 2.16 bits per heavy atom.